The SMILES string of the molecule is COCC[C@H](C)CCC=C(C)C. The number of allylic oxidation sites excluding steroid dienone is 2. The average Bonchev–Trinajstić information content (AvgIpc) is 2.00. The van der Waals surface area contributed by atoms with E-state index in [-0.39, 0.29) is 0 Å². The third kappa shape index (κ3) is 7.80. The molecule has 0 aromatic carbocycles. The molecule has 0 bridgehead atoms. The lowest BCUT2D eigenvalue weighted by Crippen LogP contribution is -1.99. The van der Waals surface area contributed by atoms with Crippen molar-refractivity contribution in [1.29, 1.82) is 0 Å². The first-order valence-corrected chi connectivity index (χ1v) is 4.79. The third-order valence-corrected chi connectivity index (χ3v) is 2.03. The van der Waals surface area contributed by atoms with Gasteiger partial charge in [0.25, 0.3) is 0 Å². The predicted molar refractivity (Wildman–Crippen MR) is 54.3 cm³/mol. The van der Waals surface area contributed by atoms with Crippen LogP contribution in [-0.4, -0.2) is 13.7 Å². The van der Waals surface area contributed by atoms with Crippen molar-refractivity contribution in [3.05, 3.63) is 11.6 Å². The zero-order valence-corrected chi connectivity index (χ0v) is 8.89. The molecule has 0 unspecified atom stereocenters. The van der Waals surface area contributed by atoms with Gasteiger partial charge >= 0.3 is 0 Å². The summed E-state index contributed by atoms with van der Waals surface area (Å²) >= 11 is 0. The maximum absolute atomic E-state index is 5.02. The van der Waals surface area contributed by atoms with Crippen LogP contribution in [0.2, 0.25) is 0 Å². The second-order valence-corrected chi connectivity index (χ2v) is 3.75. The summed E-state index contributed by atoms with van der Waals surface area (Å²) in [7, 11) is 1.77. The van der Waals surface area contributed by atoms with Crippen molar-refractivity contribution >= 4 is 0 Å². The quantitative estimate of drug-likeness (QED) is 0.555. The van der Waals surface area contributed by atoms with Crippen molar-refractivity contribution in [2.45, 2.75) is 40.0 Å². The lowest BCUT2D eigenvalue weighted by Gasteiger charge is -2.08. The maximum atomic E-state index is 5.02. The number of rotatable bonds is 6. The third-order valence-electron chi connectivity index (χ3n) is 2.03. The fourth-order valence-corrected chi connectivity index (χ4v) is 1.12. The summed E-state index contributed by atoms with van der Waals surface area (Å²) in [6, 6.07) is 0. The van der Waals surface area contributed by atoms with Crippen molar-refractivity contribution in [1.82, 2.24) is 0 Å². The van der Waals surface area contributed by atoms with Gasteiger partial charge in [-0.05, 0) is 39.0 Å². The zero-order valence-electron chi connectivity index (χ0n) is 8.89. The summed E-state index contributed by atoms with van der Waals surface area (Å²) < 4.78 is 5.02. The van der Waals surface area contributed by atoms with Crippen molar-refractivity contribution in [3.8, 4) is 0 Å². The number of methoxy groups -OCH3 is 1. The fraction of sp³-hybridized carbons (Fsp3) is 0.818. The first-order valence-electron chi connectivity index (χ1n) is 4.79. The molecular formula is C11H22O. The van der Waals surface area contributed by atoms with Crippen LogP contribution in [0.15, 0.2) is 11.6 Å². The molecule has 0 aliphatic carbocycles. The van der Waals surface area contributed by atoms with Crippen molar-refractivity contribution in [3.63, 3.8) is 0 Å². The molecule has 0 aliphatic heterocycles. The van der Waals surface area contributed by atoms with Gasteiger partial charge in [0.05, 0.1) is 0 Å². The number of ether oxygens (including phenoxy) is 1. The van der Waals surface area contributed by atoms with Gasteiger partial charge in [-0.1, -0.05) is 18.6 Å². The van der Waals surface area contributed by atoms with E-state index < -0.39 is 0 Å². The molecule has 0 N–H and O–H groups in total. The minimum atomic E-state index is 0.792. The summed E-state index contributed by atoms with van der Waals surface area (Å²) in [5.41, 5.74) is 1.42. The fourth-order valence-electron chi connectivity index (χ4n) is 1.12. The molecule has 1 nitrogen and oxygen atoms in total. The van der Waals surface area contributed by atoms with Crippen LogP contribution in [0, 0.1) is 5.92 Å². The molecule has 0 fully saturated rings. The molecule has 0 amide bonds. The van der Waals surface area contributed by atoms with E-state index in [0.717, 1.165) is 12.5 Å². The van der Waals surface area contributed by atoms with Gasteiger partial charge < -0.3 is 4.74 Å². The highest BCUT2D eigenvalue weighted by Gasteiger charge is 1.99. The van der Waals surface area contributed by atoms with Gasteiger partial charge in [0.1, 0.15) is 0 Å². The van der Waals surface area contributed by atoms with Crippen LogP contribution in [-0.2, 0) is 4.74 Å². The van der Waals surface area contributed by atoms with Crippen LogP contribution in [0.1, 0.15) is 40.0 Å². The Hall–Kier alpha value is -0.300. The van der Waals surface area contributed by atoms with Crippen LogP contribution in [0.3, 0.4) is 0 Å². The van der Waals surface area contributed by atoms with Gasteiger partial charge in [-0.25, -0.2) is 0 Å². The summed E-state index contributed by atoms with van der Waals surface area (Å²) in [6.07, 6.45) is 6.00. The summed E-state index contributed by atoms with van der Waals surface area (Å²) in [6.45, 7) is 7.49. The van der Waals surface area contributed by atoms with Gasteiger partial charge in [-0.3, -0.25) is 0 Å². The molecule has 0 spiro atoms. The smallest absolute Gasteiger partial charge is 0.0464 e. The van der Waals surface area contributed by atoms with Gasteiger partial charge in [-0.2, -0.15) is 0 Å². The van der Waals surface area contributed by atoms with Crippen LogP contribution in [0.4, 0.5) is 0 Å². The molecule has 0 saturated heterocycles. The van der Waals surface area contributed by atoms with E-state index >= 15 is 0 Å². The van der Waals surface area contributed by atoms with E-state index in [1.165, 1.54) is 24.8 Å². The molecule has 0 aromatic rings. The van der Waals surface area contributed by atoms with E-state index in [2.05, 4.69) is 26.8 Å². The zero-order chi connectivity index (χ0) is 9.40. The molecule has 72 valence electrons. The molecule has 0 heterocycles. The number of hydrogen-bond donors (Lipinski definition) is 0. The Kier molecular flexibility index (Phi) is 7.17. The summed E-state index contributed by atoms with van der Waals surface area (Å²) in [5, 5.41) is 0. The monoisotopic (exact) mass is 170 g/mol. The van der Waals surface area contributed by atoms with Gasteiger partial charge in [-0.15, -0.1) is 0 Å². The highest BCUT2D eigenvalue weighted by molar-refractivity contribution is 4.92. The lowest BCUT2D eigenvalue weighted by atomic mass is 10.0. The van der Waals surface area contributed by atoms with Gasteiger partial charge in [0, 0.05) is 13.7 Å². The normalized spacial score (nSPS) is 12.7. The molecule has 0 saturated carbocycles. The Bertz CT molecular complexity index is 123. The molecule has 0 aliphatic rings. The molecule has 0 aromatic heterocycles. The predicted octanol–water partition coefficient (Wildman–Crippen LogP) is 3.41. The van der Waals surface area contributed by atoms with E-state index in [1.807, 2.05) is 0 Å². The molecule has 0 radical (unpaired) electrons. The van der Waals surface area contributed by atoms with E-state index in [0.29, 0.717) is 0 Å². The van der Waals surface area contributed by atoms with E-state index in [9.17, 15) is 0 Å². The number of hydrogen-bond acceptors (Lipinski definition) is 1. The van der Waals surface area contributed by atoms with Gasteiger partial charge in [0.2, 0.25) is 0 Å². The summed E-state index contributed by atoms with van der Waals surface area (Å²) in [5.74, 6) is 0.792. The first kappa shape index (κ1) is 11.7. The molecule has 0 rings (SSSR count). The van der Waals surface area contributed by atoms with Crippen molar-refractivity contribution in [2.24, 2.45) is 5.92 Å². The Morgan fingerprint density at radius 2 is 2.00 bits per heavy atom. The highest BCUT2D eigenvalue weighted by Crippen LogP contribution is 2.11. The maximum Gasteiger partial charge on any atom is 0.0464 e. The topological polar surface area (TPSA) is 9.23 Å². The average molecular weight is 170 g/mol. The summed E-state index contributed by atoms with van der Waals surface area (Å²) in [4.78, 5) is 0. The van der Waals surface area contributed by atoms with Crippen LogP contribution >= 0.6 is 0 Å². The second-order valence-electron chi connectivity index (χ2n) is 3.75. The molecule has 1 atom stereocenters. The first-order chi connectivity index (χ1) is 5.66. The Labute approximate surface area is 76.8 Å². The van der Waals surface area contributed by atoms with Crippen molar-refractivity contribution < 1.29 is 4.74 Å². The van der Waals surface area contributed by atoms with Crippen LogP contribution in [0.5, 0.6) is 0 Å². The van der Waals surface area contributed by atoms with Crippen LogP contribution < -0.4 is 0 Å². The van der Waals surface area contributed by atoms with E-state index in [4.69, 9.17) is 4.74 Å². The Balaban J connectivity index is 3.31. The van der Waals surface area contributed by atoms with Crippen LogP contribution in [0.25, 0.3) is 0 Å². The highest BCUT2D eigenvalue weighted by atomic mass is 16.5. The largest absolute Gasteiger partial charge is 0.385 e. The van der Waals surface area contributed by atoms with Gasteiger partial charge in [0.15, 0.2) is 0 Å². The molecular weight excluding hydrogens is 148 g/mol. The van der Waals surface area contributed by atoms with E-state index in [1.54, 1.807) is 7.11 Å². The minimum Gasteiger partial charge on any atom is -0.385 e. The second kappa shape index (κ2) is 7.35. The Morgan fingerprint density at radius 3 is 2.50 bits per heavy atom. The molecule has 12 heavy (non-hydrogen) atoms. The van der Waals surface area contributed by atoms with Crippen molar-refractivity contribution in [2.75, 3.05) is 13.7 Å². The standard InChI is InChI=1S/C11H22O/c1-10(2)6-5-7-11(3)8-9-12-4/h6,11H,5,7-9H2,1-4H3/t11-/m1/s1. The minimum absolute atomic E-state index is 0.792. The Morgan fingerprint density at radius 1 is 1.33 bits per heavy atom. The lowest BCUT2D eigenvalue weighted by molar-refractivity contribution is 0.178. The molecule has 1 heteroatoms.